The summed E-state index contributed by atoms with van der Waals surface area (Å²) < 4.78 is 5.78. The molecule has 3 nitrogen and oxygen atoms in total. The van der Waals surface area contributed by atoms with Crippen molar-refractivity contribution < 1.29 is 4.74 Å². The van der Waals surface area contributed by atoms with Crippen LogP contribution < -0.4 is 10.6 Å². The first kappa shape index (κ1) is 13.3. The zero-order chi connectivity index (χ0) is 12.3. The molecule has 3 heteroatoms. The molecular weight excluding hydrogens is 212 g/mol. The lowest BCUT2D eigenvalue weighted by Crippen LogP contribution is -2.62. The lowest BCUT2D eigenvalue weighted by Gasteiger charge is -2.53. The Morgan fingerprint density at radius 2 is 2.12 bits per heavy atom. The van der Waals surface area contributed by atoms with Crippen molar-refractivity contribution in [3.63, 3.8) is 0 Å². The van der Waals surface area contributed by atoms with Crippen LogP contribution >= 0.6 is 0 Å². The molecular formula is C14H28N2O. The fourth-order valence-corrected chi connectivity index (χ4v) is 3.12. The molecule has 0 aromatic rings. The first-order chi connectivity index (χ1) is 8.14. The minimum absolute atomic E-state index is 0.301. The summed E-state index contributed by atoms with van der Waals surface area (Å²) >= 11 is 0. The van der Waals surface area contributed by atoms with Gasteiger partial charge in [-0.05, 0) is 45.7 Å². The molecule has 0 aromatic heterocycles. The van der Waals surface area contributed by atoms with Gasteiger partial charge in [0.1, 0.15) is 0 Å². The van der Waals surface area contributed by atoms with E-state index < -0.39 is 0 Å². The highest BCUT2D eigenvalue weighted by molar-refractivity contribution is 5.03. The van der Waals surface area contributed by atoms with Gasteiger partial charge in [-0.3, -0.25) is 0 Å². The van der Waals surface area contributed by atoms with Gasteiger partial charge in [-0.2, -0.15) is 0 Å². The summed E-state index contributed by atoms with van der Waals surface area (Å²) in [5.74, 6) is 0. The van der Waals surface area contributed by atoms with E-state index in [9.17, 15) is 0 Å². The second-order valence-electron chi connectivity index (χ2n) is 6.10. The highest BCUT2D eigenvalue weighted by atomic mass is 16.5. The number of hydrogen-bond donors (Lipinski definition) is 2. The molecule has 0 amide bonds. The van der Waals surface area contributed by atoms with Crippen molar-refractivity contribution in [3.8, 4) is 0 Å². The van der Waals surface area contributed by atoms with Gasteiger partial charge in [0.25, 0.3) is 0 Å². The molecule has 0 radical (unpaired) electrons. The Bertz CT molecular complexity index is 234. The summed E-state index contributed by atoms with van der Waals surface area (Å²) in [5.41, 5.74) is 0.301. The molecule has 2 aliphatic rings. The maximum absolute atomic E-state index is 5.78. The van der Waals surface area contributed by atoms with Crippen LogP contribution in [0.5, 0.6) is 0 Å². The molecule has 3 atom stereocenters. The molecule has 2 rings (SSSR count). The molecule has 2 fully saturated rings. The van der Waals surface area contributed by atoms with Crippen LogP contribution in [-0.2, 0) is 4.74 Å². The molecule has 1 saturated heterocycles. The van der Waals surface area contributed by atoms with Gasteiger partial charge in [-0.15, -0.1) is 0 Å². The van der Waals surface area contributed by atoms with Gasteiger partial charge in [0, 0.05) is 24.1 Å². The predicted molar refractivity (Wildman–Crippen MR) is 71.2 cm³/mol. The van der Waals surface area contributed by atoms with Crippen LogP contribution in [0.15, 0.2) is 0 Å². The minimum atomic E-state index is 0.301. The van der Waals surface area contributed by atoms with Crippen molar-refractivity contribution in [2.24, 2.45) is 5.41 Å². The summed E-state index contributed by atoms with van der Waals surface area (Å²) in [4.78, 5) is 0. The van der Waals surface area contributed by atoms with Crippen molar-refractivity contribution in [3.05, 3.63) is 0 Å². The van der Waals surface area contributed by atoms with Gasteiger partial charge in [0.2, 0.25) is 0 Å². The molecule has 100 valence electrons. The SMILES string of the molecule is CCOC1CC(NC2CCCNCC2)C1(C)C. The zero-order valence-corrected chi connectivity index (χ0v) is 11.6. The van der Waals surface area contributed by atoms with E-state index in [1.165, 1.54) is 38.8 Å². The minimum Gasteiger partial charge on any atom is -0.378 e. The number of nitrogens with one attached hydrogen (secondary N) is 2. The van der Waals surface area contributed by atoms with Crippen LogP contribution in [-0.4, -0.2) is 37.9 Å². The van der Waals surface area contributed by atoms with Crippen molar-refractivity contribution in [1.82, 2.24) is 10.6 Å². The maximum atomic E-state index is 5.78. The van der Waals surface area contributed by atoms with Gasteiger partial charge < -0.3 is 15.4 Å². The predicted octanol–water partition coefficient (Wildman–Crippen LogP) is 1.92. The van der Waals surface area contributed by atoms with E-state index in [4.69, 9.17) is 4.74 Å². The number of rotatable bonds is 4. The fraction of sp³-hybridized carbons (Fsp3) is 1.00. The molecule has 1 aliphatic carbocycles. The van der Waals surface area contributed by atoms with Crippen LogP contribution in [0.3, 0.4) is 0 Å². The van der Waals surface area contributed by atoms with Gasteiger partial charge in [-0.1, -0.05) is 13.8 Å². The monoisotopic (exact) mass is 240 g/mol. The van der Waals surface area contributed by atoms with E-state index in [0.717, 1.165) is 6.61 Å². The van der Waals surface area contributed by atoms with E-state index in [1.54, 1.807) is 0 Å². The van der Waals surface area contributed by atoms with Crippen LogP contribution in [0.4, 0.5) is 0 Å². The van der Waals surface area contributed by atoms with Crippen molar-refractivity contribution in [2.75, 3.05) is 19.7 Å². The van der Waals surface area contributed by atoms with E-state index >= 15 is 0 Å². The third-order valence-electron chi connectivity index (χ3n) is 4.56. The average Bonchev–Trinajstić information content (AvgIpc) is 2.56. The number of hydrogen-bond acceptors (Lipinski definition) is 3. The Hall–Kier alpha value is -0.120. The summed E-state index contributed by atoms with van der Waals surface area (Å²) in [6.07, 6.45) is 5.53. The molecule has 17 heavy (non-hydrogen) atoms. The molecule has 0 spiro atoms. The summed E-state index contributed by atoms with van der Waals surface area (Å²) in [5, 5.41) is 7.33. The molecule has 1 heterocycles. The molecule has 0 bridgehead atoms. The van der Waals surface area contributed by atoms with Crippen molar-refractivity contribution >= 4 is 0 Å². The largest absolute Gasteiger partial charge is 0.378 e. The van der Waals surface area contributed by atoms with Gasteiger partial charge in [0.05, 0.1) is 6.10 Å². The van der Waals surface area contributed by atoms with Crippen LogP contribution in [0.1, 0.15) is 46.5 Å². The second-order valence-corrected chi connectivity index (χ2v) is 6.10. The highest BCUT2D eigenvalue weighted by Gasteiger charge is 2.49. The highest BCUT2D eigenvalue weighted by Crippen LogP contribution is 2.43. The van der Waals surface area contributed by atoms with Gasteiger partial charge >= 0.3 is 0 Å². The average molecular weight is 240 g/mol. The number of ether oxygens (including phenoxy) is 1. The Morgan fingerprint density at radius 1 is 1.29 bits per heavy atom. The Morgan fingerprint density at radius 3 is 2.82 bits per heavy atom. The quantitative estimate of drug-likeness (QED) is 0.787. The summed E-state index contributed by atoms with van der Waals surface area (Å²) in [7, 11) is 0. The molecule has 0 aromatic carbocycles. The van der Waals surface area contributed by atoms with Crippen LogP contribution in [0.2, 0.25) is 0 Å². The molecule has 2 N–H and O–H groups in total. The molecule has 1 saturated carbocycles. The fourth-order valence-electron chi connectivity index (χ4n) is 3.12. The Labute approximate surface area is 106 Å². The maximum Gasteiger partial charge on any atom is 0.0655 e. The third kappa shape index (κ3) is 3.01. The first-order valence-electron chi connectivity index (χ1n) is 7.23. The van der Waals surface area contributed by atoms with E-state index in [2.05, 4.69) is 31.4 Å². The zero-order valence-electron chi connectivity index (χ0n) is 11.6. The second kappa shape index (κ2) is 5.68. The standard InChI is InChI=1S/C14H28N2O/c1-4-17-13-10-12(14(13,2)3)16-11-6-5-8-15-9-7-11/h11-13,15-16H,4-10H2,1-3H3. The summed E-state index contributed by atoms with van der Waals surface area (Å²) in [6, 6.07) is 1.35. The lowest BCUT2D eigenvalue weighted by atomic mass is 9.64. The smallest absolute Gasteiger partial charge is 0.0655 e. The topological polar surface area (TPSA) is 33.3 Å². The first-order valence-corrected chi connectivity index (χ1v) is 7.23. The van der Waals surface area contributed by atoms with Gasteiger partial charge in [-0.25, -0.2) is 0 Å². The van der Waals surface area contributed by atoms with Gasteiger partial charge in [0.15, 0.2) is 0 Å². The Balaban J connectivity index is 1.80. The third-order valence-corrected chi connectivity index (χ3v) is 4.56. The van der Waals surface area contributed by atoms with Crippen molar-refractivity contribution in [2.45, 2.75) is 64.6 Å². The molecule has 3 unspecified atom stereocenters. The van der Waals surface area contributed by atoms with Crippen LogP contribution in [0, 0.1) is 5.41 Å². The van der Waals surface area contributed by atoms with E-state index in [1.807, 2.05) is 0 Å². The lowest BCUT2D eigenvalue weighted by molar-refractivity contribution is -0.116. The van der Waals surface area contributed by atoms with E-state index in [-0.39, 0.29) is 0 Å². The molecule has 1 aliphatic heterocycles. The summed E-state index contributed by atoms with van der Waals surface area (Å²) in [6.45, 7) is 9.96. The van der Waals surface area contributed by atoms with Crippen molar-refractivity contribution in [1.29, 1.82) is 0 Å². The van der Waals surface area contributed by atoms with E-state index in [0.29, 0.717) is 23.6 Å². The normalized spacial score (nSPS) is 37.2. The Kier molecular flexibility index (Phi) is 4.45. The van der Waals surface area contributed by atoms with Crippen LogP contribution in [0.25, 0.3) is 0 Å².